The molecule has 6 nitrogen and oxygen atoms in total. The summed E-state index contributed by atoms with van der Waals surface area (Å²) in [7, 11) is 4.60. The van der Waals surface area contributed by atoms with Gasteiger partial charge in [0, 0.05) is 18.1 Å². The number of amidine groups is 1. The monoisotopic (exact) mass is 384 g/mol. The van der Waals surface area contributed by atoms with E-state index in [1.165, 1.54) is 33.5 Å². The summed E-state index contributed by atoms with van der Waals surface area (Å²) in [5.41, 5.74) is 1.75. The van der Waals surface area contributed by atoms with Gasteiger partial charge < -0.3 is 19.5 Å². The number of amides is 1. The molecule has 0 atom stereocenters. The maximum atomic E-state index is 13.3. The SMILES string of the molecule is COc1cc(OC)c(OC)cc1/C=C1\N=C(CCc2cccc(F)c2)NC1=O. The van der Waals surface area contributed by atoms with Crippen LogP contribution in [-0.2, 0) is 11.2 Å². The van der Waals surface area contributed by atoms with Crippen molar-refractivity contribution in [1.29, 1.82) is 0 Å². The second-order valence-electron chi connectivity index (χ2n) is 6.12. The van der Waals surface area contributed by atoms with Gasteiger partial charge in [-0.2, -0.15) is 0 Å². The predicted octanol–water partition coefficient (Wildman–Crippen LogP) is 3.35. The number of rotatable bonds is 7. The van der Waals surface area contributed by atoms with Crippen LogP contribution in [0.1, 0.15) is 17.5 Å². The second-order valence-corrected chi connectivity index (χ2v) is 6.12. The molecular weight excluding hydrogens is 363 g/mol. The van der Waals surface area contributed by atoms with E-state index in [1.807, 2.05) is 6.07 Å². The van der Waals surface area contributed by atoms with Crippen LogP contribution in [0, 0.1) is 5.82 Å². The summed E-state index contributed by atoms with van der Waals surface area (Å²) in [6, 6.07) is 9.78. The zero-order valence-electron chi connectivity index (χ0n) is 15.9. The molecule has 0 saturated carbocycles. The van der Waals surface area contributed by atoms with Gasteiger partial charge in [-0.05, 0) is 36.3 Å². The third-order valence-electron chi connectivity index (χ3n) is 4.31. The van der Waals surface area contributed by atoms with Crippen molar-refractivity contribution >= 4 is 17.8 Å². The zero-order chi connectivity index (χ0) is 20.1. The molecular formula is C21H21FN2O4. The van der Waals surface area contributed by atoms with Crippen LogP contribution in [0.15, 0.2) is 47.1 Å². The van der Waals surface area contributed by atoms with E-state index in [1.54, 1.807) is 24.3 Å². The molecule has 7 heteroatoms. The van der Waals surface area contributed by atoms with Crippen molar-refractivity contribution in [3.8, 4) is 17.2 Å². The number of nitrogens with zero attached hydrogens (tertiary/aromatic N) is 1. The molecule has 0 unspecified atom stereocenters. The Morgan fingerprint density at radius 1 is 1.00 bits per heavy atom. The summed E-state index contributed by atoms with van der Waals surface area (Å²) in [6.45, 7) is 0. The molecule has 2 aromatic rings. The molecule has 1 aliphatic rings. The second kappa shape index (κ2) is 8.56. The van der Waals surface area contributed by atoms with E-state index in [-0.39, 0.29) is 17.4 Å². The summed E-state index contributed by atoms with van der Waals surface area (Å²) >= 11 is 0. The molecule has 0 aliphatic carbocycles. The molecule has 146 valence electrons. The average molecular weight is 384 g/mol. The number of carbonyl (C=O) groups is 1. The van der Waals surface area contributed by atoms with Gasteiger partial charge in [-0.25, -0.2) is 9.38 Å². The van der Waals surface area contributed by atoms with E-state index < -0.39 is 0 Å². The summed E-state index contributed by atoms with van der Waals surface area (Å²) in [5, 5.41) is 2.75. The molecule has 0 radical (unpaired) electrons. The number of hydrogen-bond donors (Lipinski definition) is 1. The number of aryl methyl sites for hydroxylation is 1. The van der Waals surface area contributed by atoms with Crippen LogP contribution in [0.2, 0.25) is 0 Å². The molecule has 0 bridgehead atoms. The third-order valence-corrected chi connectivity index (χ3v) is 4.31. The van der Waals surface area contributed by atoms with Crippen molar-refractivity contribution in [2.45, 2.75) is 12.8 Å². The van der Waals surface area contributed by atoms with Crippen LogP contribution in [-0.4, -0.2) is 33.1 Å². The van der Waals surface area contributed by atoms with Gasteiger partial charge in [0.1, 0.15) is 23.1 Å². The van der Waals surface area contributed by atoms with Crippen molar-refractivity contribution in [3.05, 3.63) is 59.0 Å². The molecule has 3 rings (SSSR count). The number of aliphatic imine (C=N–C) groups is 1. The van der Waals surface area contributed by atoms with Crippen molar-refractivity contribution in [1.82, 2.24) is 5.32 Å². The van der Waals surface area contributed by atoms with Crippen molar-refractivity contribution in [2.24, 2.45) is 4.99 Å². The summed E-state index contributed by atoms with van der Waals surface area (Å²) in [4.78, 5) is 16.7. The first kappa shape index (κ1) is 19.4. The summed E-state index contributed by atoms with van der Waals surface area (Å²) in [5.74, 6) is 1.53. The predicted molar refractivity (Wildman–Crippen MR) is 104 cm³/mol. The number of methoxy groups -OCH3 is 3. The Bertz CT molecular complexity index is 953. The highest BCUT2D eigenvalue weighted by molar-refractivity contribution is 6.14. The van der Waals surface area contributed by atoms with Crippen LogP contribution in [0.3, 0.4) is 0 Å². The number of benzene rings is 2. The molecule has 0 aromatic heterocycles. The smallest absolute Gasteiger partial charge is 0.275 e. The van der Waals surface area contributed by atoms with Crippen LogP contribution in [0.5, 0.6) is 17.2 Å². The molecule has 28 heavy (non-hydrogen) atoms. The van der Waals surface area contributed by atoms with Crippen LogP contribution < -0.4 is 19.5 Å². The molecule has 1 heterocycles. The molecule has 1 N–H and O–H groups in total. The fourth-order valence-electron chi connectivity index (χ4n) is 2.90. The topological polar surface area (TPSA) is 69.2 Å². The number of carbonyl (C=O) groups excluding carboxylic acids is 1. The first-order valence-corrected chi connectivity index (χ1v) is 8.69. The lowest BCUT2D eigenvalue weighted by molar-refractivity contribution is -0.115. The Hall–Kier alpha value is -3.35. The molecule has 1 aliphatic heterocycles. The highest BCUT2D eigenvalue weighted by Gasteiger charge is 2.21. The fourth-order valence-corrected chi connectivity index (χ4v) is 2.90. The Balaban J connectivity index is 1.82. The van der Waals surface area contributed by atoms with E-state index in [2.05, 4.69) is 10.3 Å². The van der Waals surface area contributed by atoms with Crippen LogP contribution in [0.4, 0.5) is 4.39 Å². The van der Waals surface area contributed by atoms with Gasteiger partial charge in [-0.3, -0.25) is 4.79 Å². The van der Waals surface area contributed by atoms with E-state index >= 15 is 0 Å². The number of ether oxygens (including phenoxy) is 3. The van der Waals surface area contributed by atoms with Crippen molar-refractivity contribution < 1.29 is 23.4 Å². The van der Waals surface area contributed by atoms with Crippen LogP contribution >= 0.6 is 0 Å². The maximum Gasteiger partial charge on any atom is 0.275 e. The minimum atomic E-state index is -0.300. The van der Waals surface area contributed by atoms with Gasteiger partial charge in [0.2, 0.25) is 0 Å². The summed E-state index contributed by atoms with van der Waals surface area (Å²) in [6.07, 6.45) is 2.70. The van der Waals surface area contributed by atoms with Gasteiger partial charge in [0.25, 0.3) is 5.91 Å². The first-order valence-electron chi connectivity index (χ1n) is 8.69. The van der Waals surface area contributed by atoms with Gasteiger partial charge >= 0.3 is 0 Å². The Morgan fingerprint density at radius 2 is 1.71 bits per heavy atom. The Labute approximate surface area is 162 Å². The van der Waals surface area contributed by atoms with E-state index in [4.69, 9.17) is 14.2 Å². The first-order chi connectivity index (χ1) is 13.5. The number of nitrogens with one attached hydrogen (secondary N) is 1. The van der Waals surface area contributed by atoms with Crippen molar-refractivity contribution in [2.75, 3.05) is 21.3 Å². The minimum absolute atomic E-state index is 0.264. The third kappa shape index (κ3) is 4.31. The van der Waals surface area contributed by atoms with Gasteiger partial charge in [-0.1, -0.05) is 12.1 Å². The van der Waals surface area contributed by atoms with E-state index in [0.717, 1.165) is 5.56 Å². The molecule has 0 spiro atoms. The van der Waals surface area contributed by atoms with Gasteiger partial charge in [-0.15, -0.1) is 0 Å². The zero-order valence-corrected chi connectivity index (χ0v) is 15.9. The van der Waals surface area contributed by atoms with Gasteiger partial charge in [0.05, 0.1) is 21.3 Å². The molecule has 2 aromatic carbocycles. The van der Waals surface area contributed by atoms with E-state index in [0.29, 0.717) is 41.5 Å². The lowest BCUT2D eigenvalue weighted by Gasteiger charge is -2.12. The Morgan fingerprint density at radius 3 is 2.39 bits per heavy atom. The number of halogens is 1. The standard InChI is InChI=1S/C21H21FN2O4/c1-26-17-12-19(28-3)18(27-2)11-14(17)10-16-21(25)24-20(23-16)8-7-13-5-4-6-15(22)9-13/h4-6,9-12H,7-8H2,1-3H3,(H,23,24,25)/b16-10-. The fraction of sp³-hybridized carbons (Fsp3) is 0.238. The molecule has 0 saturated heterocycles. The average Bonchev–Trinajstić information content (AvgIpc) is 3.05. The maximum absolute atomic E-state index is 13.3. The largest absolute Gasteiger partial charge is 0.496 e. The van der Waals surface area contributed by atoms with Crippen LogP contribution in [0.25, 0.3) is 6.08 Å². The van der Waals surface area contributed by atoms with Crippen molar-refractivity contribution in [3.63, 3.8) is 0 Å². The van der Waals surface area contributed by atoms with E-state index in [9.17, 15) is 9.18 Å². The Kier molecular flexibility index (Phi) is 5.93. The number of hydrogen-bond acceptors (Lipinski definition) is 5. The normalized spacial score (nSPS) is 14.6. The minimum Gasteiger partial charge on any atom is -0.496 e. The lowest BCUT2D eigenvalue weighted by atomic mass is 10.1. The quantitative estimate of drug-likeness (QED) is 0.744. The highest BCUT2D eigenvalue weighted by Crippen LogP contribution is 2.36. The summed E-state index contributed by atoms with van der Waals surface area (Å²) < 4.78 is 29.2. The van der Waals surface area contributed by atoms with Gasteiger partial charge in [0.15, 0.2) is 11.5 Å². The molecule has 1 amide bonds. The highest BCUT2D eigenvalue weighted by atomic mass is 19.1. The lowest BCUT2D eigenvalue weighted by Crippen LogP contribution is -2.24. The molecule has 0 fully saturated rings.